The van der Waals surface area contributed by atoms with Gasteiger partial charge in [0.1, 0.15) is 11.5 Å². The van der Waals surface area contributed by atoms with Crippen LogP contribution in [0.5, 0.6) is 11.5 Å². The number of carbonyl (C=O) groups excluding carboxylic acids is 3. The van der Waals surface area contributed by atoms with Crippen LogP contribution in [0.1, 0.15) is 17.3 Å². The zero-order valence-electron chi connectivity index (χ0n) is 14.2. The van der Waals surface area contributed by atoms with Crippen LogP contribution in [0.15, 0.2) is 54.2 Å². The molecular formula is C18H19NO6. The predicted molar refractivity (Wildman–Crippen MR) is 91.2 cm³/mol. The van der Waals surface area contributed by atoms with E-state index in [4.69, 9.17) is 4.74 Å². The van der Waals surface area contributed by atoms with Crippen molar-refractivity contribution in [3.05, 3.63) is 59.7 Å². The number of aromatic hydroxyl groups is 1. The number of benzene rings is 1. The lowest BCUT2D eigenvalue weighted by Gasteiger charge is -2.08. The number of esters is 1. The second-order valence-corrected chi connectivity index (χ2v) is 4.76. The van der Waals surface area contributed by atoms with Gasteiger partial charge in [0.2, 0.25) is 0 Å². The lowest BCUT2D eigenvalue weighted by atomic mass is 10.1. The van der Waals surface area contributed by atoms with Gasteiger partial charge in [-0.15, -0.1) is 0 Å². The molecule has 7 nitrogen and oxygen atoms in total. The third-order valence-corrected chi connectivity index (χ3v) is 3.16. The highest BCUT2D eigenvalue weighted by Crippen LogP contribution is 2.22. The standard InChI is InChI=1S/C18H19NO6/c1-5-12(18(23)25-4)7-6-11(2)16(21)19-17(22)14-10-13(24-3)8-9-15(14)20/h5-10,20H,2H2,1,3-4H3,(H,19,21,22)/b7-6-,12-5+. The van der Waals surface area contributed by atoms with Crippen LogP contribution in [0.4, 0.5) is 0 Å². The molecule has 7 heteroatoms. The topological polar surface area (TPSA) is 102 Å². The molecule has 0 spiro atoms. The van der Waals surface area contributed by atoms with E-state index in [1.165, 1.54) is 50.6 Å². The molecule has 0 saturated heterocycles. The minimum atomic E-state index is -0.810. The van der Waals surface area contributed by atoms with Crippen molar-refractivity contribution in [2.24, 2.45) is 0 Å². The number of hydrogen-bond donors (Lipinski definition) is 2. The Labute approximate surface area is 145 Å². The van der Waals surface area contributed by atoms with E-state index in [1.54, 1.807) is 6.92 Å². The Morgan fingerprint density at radius 3 is 2.44 bits per heavy atom. The van der Waals surface area contributed by atoms with Crippen molar-refractivity contribution < 1.29 is 29.0 Å². The summed E-state index contributed by atoms with van der Waals surface area (Å²) >= 11 is 0. The Balaban J connectivity index is 2.83. The first-order valence-corrected chi connectivity index (χ1v) is 7.18. The molecule has 132 valence electrons. The second kappa shape index (κ2) is 9.07. The van der Waals surface area contributed by atoms with Gasteiger partial charge in [0.25, 0.3) is 11.8 Å². The number of phenolic OH excluding ortho intramolecular Hbond substituents is 1. The van der Waals surface area contributed by atoms with Crippen molar-refractivity contribution in [2.75, 3.05) is 14.2 Å². The monoisotopic (exact) mass is 345 g/mol. The van der Waals surface area contributed by atoms with Gasteiger partial charge in [-0.25, -0.2) is 4.79 Å². The van der Waals surface area contributed by atoms with Crippen molar-refractivity contribution in [2.45, 2.75) is 6.92 Å². The van der Waals surface area contributed by atoms with E-state index >= 15 is 0 Å². The van der Waals surface area contributed by atoms with E-state index in [0.717, 1.165) is 0 Å². The number of imide groups is 1. The minimum Gasteiger partial charge on any atom is -0.507 e. The number of hydrogen-bond acceptors (Lipinski definition) is 6. The van der Waals surface area contributed by atoms with Gasteiger partial charge in [0, 0.05) is 5.57 Å². The van der Waals surface area contributed by atoms with Gasteiger partial charge in [-0.2, -0.15) is 0 Å². The third kappa shape index (κ3) is 5.35. The molecule has 2 amide bonds. The minimum absolute atomic E-state index is 0.0565. The maximum absolute atomic E-state index is 12.1. The first-order chi connectivity index (χ1) is 11.8. The summed E-state index contributed by atoms with van der Waals surface area (Å²) < 4.78 is 9.54. The second-order valence-electron chi connectivity index (χ2n) is 4.76. The molecule has 25 heavy (non-hydrogen) atoms. The largest absolute Gasteiger partial charge is 0.507 e. The van der Waals surface area contributed by atoms with E-state index in [2.05, 4.69) is 16.6 Å². The number of nitrogens with one attached hydrogen (secondary N) is 1. The maximum Gasteiger partial charge on any atom is 0.337 e. The summed E-state index contributed by atoms with van der Waals surface area (Å²) in [6, 6.07) is 4.05. The number of amides is 2. The molecule has 0 bridgehead atoms. The molecule has 0 aliphatic rings. The van der Waals surface area contributed by atoms with Crippen LogP contribution >= 0.6 is 0 Å². The normalized spacial score (nSPS) is 11.1. The molecule has 0 aliphatic carbocycles. The van der Waals surface area contributed by atoms with Gasteiger partial charge in [0.05, 0.1) is 25.4 Å². The first-order valence-electron chi connectivity index (χ1n) is 7.18. The quantitative estimate of drug-likeness (QED) is 0.464. The fourth-order valence-electron chi connectivity index (χ4n) is 1.74. The molecule has 0 saturated carbocycles. The fraction of sp³-hybridized carbons (Fsp3) is 0.167. The summed E-state index contributed by atoms with van der Waals surface area (Å²) in [5, 5.41) is 11.8. The number of phenols is 1. The Kier molecular flexibility index (Phi) is 7.15. The lowest BCUT2D eigenvalue weighted by molar-refractivity contribution is -0.135. The van der Waals surface area contributed by atoms with E-state index < -0.39 is 17.8 Å². The molecule has 2 N–H and O–H groups in total. The zero-order valence-corrected chi connectivity index (χ0v) is 14.2. The van der Waals surface area contributed by atoms with Crippen molar-refractivity contribution in [1.82, 2.24) is 5.32 Å². The molecule has 0 radical (unpaired) electrons. The fourth-order valence-corrected chi connectivity index (χ4v) is 1.74. The van der Waals surface area contributed by atoms with Crippen LogP contribution < -0.4 is 10.1 Å². The number of carbonyl (C=O) groups is 3. The molecule has 0 unspecified atom stereocenters. The summed E-state index contributed by atoms with van der Waals surface area (Å²) in [5.74, 6) is -2.10. The first kappa shape index (κ1) is 19.7. The molecule has 1 aromatic rings. The number of ether oxygens (including phenoxy) is 2. The van der Waals surface area contributed by atoms with E-state index in [-0.39, 0.29) is 22.5 Å². The van der Waals surface area contributed by atoms with Gasteiger partial charge < -0.3 is 14.6 Å². The number of allylic oxidation sites excluding steroid dienone is 1. The average Bonchev–Trinajstić information content (AvgIpc) is 2.61. The van der Waals surface area contributed by atoms with Gasteiger partial charge in [0.15, 0.2) is 0 Å². The van der Waals surface area contributed by atoms with Crippen LogP contribution in [0.2, 0.25) is 0 Å². The van der Waals surface area contributed by atoms with Gasteiger partial charge in [-0.3, -0.25) is 14.9 Å². The molecular weight excluding hydrogens is 326 g/mol. The Morgan fingerprint density at radius 2 is 1.88 bits per heavy atom. The smallest absolute Gasteiger partial charge is 0.337 e. The molecule has 0 fully saturated rings. The van der Waals surface area contributed by atoms with Crippen LogP contribution in [-0.4, -0.2) is 37.1 Å². The highest BCUT2D eigenvalue weighted by Gasteiger charge is 2.16. The highest BCUT2D eigenvalue weighted by molar-refractivity contribution is 6.12. The summed E-state index contributed by atoms with van der Waals surface area (Å²) in [5.41, 5.74) is 0.0559. The van der Waals surface area contributed by atoms with Gasteiger partial charge in [-0.1, -0.05) is 12.7 Å². The Bertz CT molecular complexity index is 761. The molecule has 0 aromatic heterocycles. The summed E-state index contributed by atoms with van der Waals surface area (Å²) in [4.78, 5) is 35.5. The summed E-state index contributed by atoms with van der Waals surface area (Å²) in [6.07, 6.45) is 4.13. The van der Waals surface area contributed by atoms with Crippen LogP contribution in [-0.2, 0) is 14.3 Å². The van der Waals surface area contributed by atoms with Crippen molar-refractivity contribution in [3.8, 4) is 11.5 Å². The van der Waals surface area contributed by atoms with E-state index in [9.17, 15) is 19.5 Å². The predicted octanol–water partition coefficient (Wildman–Crippen LogP) is 1.89. The molecule has 1 aromatic carbocycles. The zero-order chi connectivity index (χ0) is 19.0. The summed E-state index contributed by atoms with van der Waals surface area (Å²) in [7, 11) is 2.65. The highest BCUT2D eigenvalue weighted by atomic mass is 16.5. The van der Waals surface area contributed by atoms with Crippen molar-refractivity contribution in [3.63, 3.8) is 0 Å². The van der Waals surface area contributed by atoms with E-state index in [0.29, 0.717) is 5.75 Å². The molecule has 0 aliphatic heterocycles. The van der Waals surface area contributed by atoms with Crippen LogP contribution in [0.25, 0.3) is 0 Å². The van der Waals surface area contributed by atoms with Crippen molar-refractivity contribution >= 4 is 17.8 Å². The molecule has 0 atom stereocenters. The SMILES string of the molecule is C=C(/C=C\C(=C/C)C(=O)OC)C(=O)NC(=O)c1cc(OC)ccc1O. The molecule has 0 heterocycles. The Hall–Kier alpha value is -3.35. The van der Waals surface area contributed by atoms with Gasteiger partial charge in [-0.05, 0) is 37.3 Å². The van der Waals surface area contributed by atoms with Crippen LogP contribution in [0.3, 0.4) is 0 Å². The third-order valence-electron chi connectivity index (χ3n) is 3.16. The van der Waals surface area contributed by atoms with E-state index in [1.807, 2.05) is 0 Å². The summed E-state index contributed by atoms with van der Waals surface area (Å²) in [6.45, 7) is 5.16. The average molecular weight is 345 g/mol. The lowest BCUT2D eigenvalue weighted by Crippen LogP contribution is -2.31. The van der Waals surface area contributed by atoms with Gasteiger partial charge >= 0.3 is 5.97 Å². The Morgan fingerprint density at radius 1 is 1.20 bits per heavy atom. The maximum atomic E-state index is 12.1. The number of rotatable bonds is 6. The van der Waals surface area contributed by atoms with Crippen molar-refractivity contribution in [1.29, 1.82) is 0 Å². The number of methoxy groups -OCH3 is 2. The molecule has 1 rings (SSSR count). The van der Waals surface area contributed by atoms with Crippen LogP contribution in [0, 0.1) is 0 Å².